The number of hydrogen-bond donors (Lipinski definition) is 0. The molecule has 2 nitrogen and oxygen atoms in total. The summed E-state index contributed by atoms with van der Waals surface area (Å²) in [6, 6.07) is 0. The van der Waals surface area contributed by atoms with Crippen LogP contribution in [-0.4, -0.2) is 62.7 Å². The van der Waals surface area contributed by atoms with Gasteiger partial charge in [0.05, 0.1) is 0 Å². The second-order valence-corrected chi connectivity index (χ2v) is 7.83. The van der Waals surface area contributed by atoms with Crippen molar-refractivity contribution in [3.8, 4) is 0 Å². The minimum Gasteiger partial charge on any atom is -0.312 e. The number of hydrogen-bond acceptors (Lipinski definition) is 2. The highest BCUT2D eigenvalue weighted by molar-refractivity contribution is 9.09. The molecule has 0 aliphatic rings. The van der Waals surface area contributed by atoms with Crippen LogP contribution in [0.15, 0.2) is 0 Å². The van der Waals surface area contributed by atoms with E-state index >= 15 is 0 Å². The summed E-state index contributed by atoms with van der Waals surface area (Å²) in [4.78, 5) is 4.00. The molecule has 4 heteroatoms. The van der Waals surface area contributed by atoms with E-state index in [1.54, 1.807) is 0 Å². The Morgan fingerprint density at radius 1 is 0.429 bits per heavy atom. The number of alkyl halides is 2. The summed E-state index contributed by atoms with van der Waals surface area (Å²) in [7, 11) is 12.0. The maximum Gasteiger partial charge on any atom is 0.00313 e. The molecule has 132 valence electrons. The van der Waals surface area contributed by atoms with Crippen molar-refractivity contribution in [2.45, 2.75) is 57.8 Å². The van der Waals surface area contributed by atoms with Crippen molar-refractivity contribution in [1.82, 2.24) is 9.80 Å². The van der Waals surface area contributed by atoms with E-state index in [0.717, 1.165) is 0 Å². The summed E-state index contributed by atoms with van der Waals surface area (Å²) in [6.07, 6.45) is 12.7. The number of unbranched alkanes of at least 4 members (excludes halogenated alkanes) is 8. The van der Waals surface area contributed by atoms with Gasteiger partial charge in [0, 0.05) is 10.7 Å². The lowest BCUT2D eigenvalue weighted by Crippen LogP contribution is -1.99. The maximum atomic E-state index is 3.46. The average Bonchev–Trinajstić information content (AvgIpc) is 2.35. The molecule has 21 heavy (non-hydrogen) atoms. The molecule has 0 aromatic rings. The van der Waals surface area contributed by atoms with E-state index in [-0.39, 0.29) is 0 Å². The van der Waals surface area contributed by atoms with Gasteiger partial charge in [-0.25, -0.2) is 0 Å². The molecule has 0 aliphatic carbocycles. The fourth-order valence-electron chi connectivity index (χ4n) is 1.43. The monoisotopic (exact) mass is 430 g/mol. The third kappa shape index (κ3) is 62.9. The zero-order valence-corrected chi connectivity index (χ0v) is 18.6. The Kier molecular flexibility index (Phi) is 32.9. The topological polar surface area (TPSA) is 6.48 Å². The molecule has 0 heterocycles. The van der Waals surface area contributed by atoms with Crippen LogP contribution in [0.3, 0.4) is 0 Å². The first-order chi connectivity index (χ1) is 9.88. The van der Waals surface area contributed by atoms with Crippen LogP contribution in [0.4, 0.5) is 0 Å². The SMILES string of the molecule is BrCCCCCCCCCCCBr.CN(C)C.CN(C)C. The third-order valence-corrected chi connectivity index (χ3v) is 3.39. The molecule has 0 fully saturated rings. The summed E-state index contributed by atoms with van der Waals surface area (Å²) in [5.41, 5.74) is 0. The Labute approximate surface area is 152 Å². The van der Waals surface area contributed by atoms with Crippen LogP contribution in [0.25, 0.3) is 0 Å². The van der Waals surface area contributed by atoms with E-state index in [4.69, 9.17) is 0 Å². The largest absolute Gasteiger partial charge is 0.312 e. The fraction of sp³-hybridized carbons (Fsp3) is 1.00. The second kappa shape index (κ2) is 25.8. The Hall–Kier alpha value is 0.880. The van der Waals surface area contributed by atoms with Crippen molar-refractivity contribution < 1.29 is 0 Å². The smallest absolute Gasteiger partial charge is 0.00313 e. The standard InChI is InChI=1S/C11H22Br2.2C3H9N/c12-10-8-6-4-2-1-3-5-7-9-11-13;2*1-4(2)3/h1-11H2;2*1-3H3. The van der Waals surface area contributed by atoms with Crippen molar-refractivity contribution in [2.24, 2.45) is 0 Å². The first kappa shape index (κ1) is 26.8. The zero-order valence-electron chi connectivity index (χ0n) is 15.4. The molecule has 0 saturated heterocycles. The summed E-state index contributed by atoms with van der Waals surface area (Å²) < 4.78 is 0. The number of nitrogens with zero attached hydrogens (tertiary/aromatic N) is 2. The van der Waals surface area contributed by atoms with Crippen LogP contribution < -0.4 is 0 Å². The van der Waals surface area contributed by atoms with E-state index < -0.39 is 0 Å². The molecule has 0 saturated carbocycles. The molecule has 0 rings (SSSR count). The number of halogens is 2. The van der Waals surface area contributed by atoms with Gasteiger partial charge in [-0.05, 0) is 55.1 Å². The summed E-state index contributed by atoms with van der Waals surface area (Å²) >= 11 is 6.91. The third-order valence-electron chi connectivity index (χ3n) is 2.27. The lowest BCUT2D eigenvalue weighted by molar-refractivity contribution is 0.505. The molecule has 0 radical (unpaired) electrons. The van der Waals surface area contributed by atoms with Gasteiger partial charge in [0.25, 0.3) is 0 Å². The van der Waals surface area contributed by atoms with Gasteiger partial charge in [-0.3, -0.25) is 0 Å². The molecule has 0 aliphatic heterocycles. The van der Waals surface area contributed by atoms with Crippen molar-refractivity contribution in [3.63, 3.8) is 0 Å². The number of rotatable bonds is 10. The fourth-order valence-corrected chi connectivity index (χ4v) is 2.22. The molecule has 0 aromatic carbocycles. The molecule has 0 atom stereocenters. The van der Waals surface area contributed by atoms with E-state index in [1.165, 1.54) is 68.4 Å². The van der Waals surface area contributed by atoms with Crippen molar-refractivity contribution in [3.05, 3.63) is 0 Å². The summed E-state index contributed by atoms with van der Waals surface area (Å²) in [5.74, 6) is 0. The minimum absolute atomic E-state index is 1.18. The minimum atomic E-state index is 1.18. The van der Waals surface area contributed by atoms with E-state index in [0.29, 0.717) is 0 Å². The van der Waals surface area contributed by atoms with Crippen LogP contribution in [0, 0.1) is 0 Å². The first-order valence-electron chi connectivity index (χ1n) is 8.22. The molecular formula is C17H40Br2N2. The van der Waals surface area contributed by atoms with Crippen molar-refractivity contribution in [2.75, 3.05) is 52.9 Å². The molecule has 0 amide bonds. The summed E-state index contributed by atoms with van der Waals surface area (Å²) in [6.45, 7) is 0. The molecule has 0 spiro atoms. The normalized spacial score (nSPS) is 10.0. The van der Waals surface area contributed by atoms with Crippen molar-refractivity contribution in [1.29, 1.82) is 0 Å². The maximum absolute atomic E-state index is 3.46. The van der Waals surface area contributed by atoms with Crippen LogP contribution in [0.5, 0.6) is 0 Å². The highest BCUT2D eigenvalue weighted by Crippen LogP contribution is 2.10. The predicted molar refractivity (Wildman–Crippen MR) is 108 cm³/mol. The molecule has 0 N–H and O–H groups in total. The van der Waals surface area contributed by atoms with Gasteiger partial charge in [0.2, 0.25) is 0 Å². The van der Waals surface area contributed by atoms with Gasteiger partial charge in [-0.15, -0.1) is 0 Å². The van der Waals surface area contributed by atoms with Crippen molar-refractivity contribution >= 4 is 31.9 Å². The zero-order chi connectivity index (χ0) is 16.9. The van der Waals surface area contributed by atoms with Crippen LogP contribution in [0.2, 0.25) is 0 Å². The van der Waals surface area contributed by atoms with E-state index in [9.17, 15) is 0 Å². The molecule has 0 bridgehead atoms. The molecular weight excluding hydrogens is 392 g/mol. The highest BCUT2D eigenvalue weighted by Gasteiger charge is 1.91. The first-order valence-corrected chi connectivity index (χ1v) is 10.5. The summed E-state index contributed by atoms with van der Waals surface area (Å²) in [5, 5.41) is 2.36. The van der Waals surface area contributed by atoms with Gasteiger partial charge in [0.1, 0.15) is 0 Å². The average molecular weight is 432 g/mol. The van der Waals surface area contributed by atoms with Crippen LogP contribution in [-0.2, 0) is 0 Å². The van der Waals surface area contributed by atoms with E-state index in [1.807, 2.05) is 52.1 Å². The molecule has 0 aromatic heterocycles. The Bertz CT molecular complexity index is 132. The van der Waals surface area contributed by atoms with Gasteiger partial charge < -0.3 is 9.80 Å². The predicted octanol–water partition coefficient (Wildman–Crippen LogP) is 5.64. The Morgan fingerprint density at radius 3 is 0.714 bits per heavy atom. The van der Waals surface area contributed by atoms with E-state index in [2.05, 4.69) is 31.9 Å². The Morgan fingerprint density at radius 2 is 0.571 bits per heavy atom. The van der Waals surface area contributed by atoms with Gasteiger partial charge in [0.15, 0.2) is 0 Å². The lowest BCUT2D eigenvalue weighted by Gasteiger charge is -2.00. The lowest BCUT2D eigenvalue weighted by atomic mass is 10.1. The quantitative estimate of drug-likeness (QED) is 0.326. The van der Waals surface area contributed by atoms with Crippen LogP contribution >= 0.6 is 31.9 Å². The highest BCUT2D eigenvalue weighted by atomic mass is 79.9. The van der Waals surface area contributed by atoms with Gasteiger partial charge >= 0.3 is 0 Å². The van der Waals surface area contributed by atoms with Gasteiger partial charge in [-0.1, -0.05) is 76.8 Å². The Balaban J connectivity index is -0.000000334. The van der Waals surface area contributed by atoms with Crippen LogP contribution in [0.1, 0.15) is 57.8 Å². The molecule has 0 unspecified atom stereocenters. The van der Waals surface area contributed by atoms with Gasteiger partial charge in [-0.2, -0.15) is 0 Å². The second-order valence-electron chi connectivity index (χ2n) is 6.24.